The van der Waals surface area contributed by atoms with Crippen molar-refractivity contribution in [3.8, 4) is 0 Å². The van der Waals surface area contributed by atoms with Gasteiger partial charge in [-0.3, -0.25) is 20.0 Å². The second-order valence-electron chi connectivity index (χ2n) is 8.95. The van der Waals surface area contributed by atoms with Crippen molar-refractivity contribution in [3.05, 3.63) is 0 Å². The third-order valence-corrected chi connectivity index (χ3v) is 7.09. The molecule has 5 aliphatic rings. The monoisotopic (exact) mass is 349 g/mol. The van der Waals surface area contributed by atoms with E-state index in [9.17, 15) is 0 Å². The summed E-state index contributed by atoms with van der Waals surface area (Å²) in [7, 11) is 0. The summed E-state index contributed by atoms with van der Waals surface area (Å²) in [6.07, 6.45) is 11.8. The molecule has 0 aromatic rings. The Balaban J connectivity index is 1.16. The molecular weight excluding hydrogens is 314 g/mol. The normalized spacial score (nSPS) is 43.9. The molecule has 0 aromatic heterocycles. The van der Waals surface area contributed by atoms with Crippen molar-refractivity contribution >= 4 is 0 Å². The Kier molecular flexibility index (Phi) is 5.01. The Hall–Kier alpha value is -0.240. The van der Waals surface area contributed by atoms with Crippen molar-refractivity contribution in [2.75, 3.05) is 32.7 Å². The largest absolute Gasteiger partial charge is 0.302 e. The molecule has 5 rings (SSSR count). The van der Waals surface area contributed by atoms with E-state index >= 15 is 0 Å². The molecule has 6 heteroatoms. The van der Waals surface area contributed by atoms with Crippen LogP contribution < -0.4 is 16.1 Å². The van der Waals surface area contributed by atoms with Gasteiger partial charge in [0, 0.05) is 6.54 Å². The minimum atomic E-state index is 0.173. The van der Waals surface area contributed by atoms with Crippen LogP contribution in [0.4, 0.5) is 0 Å². The zero-order valence-electron chi connectivity index (χ0n) is 15.5. The number of rotatable bonds is 5. The molecule has 4 unspecified atom stereocenters. The first kappa shape index (κ1) is 16.9. The van der Waals surface area contributed by atoms with Gasteiger partial charge < -0.3 is 5.32 Å². The standard InChI is InChI=1S/C19H35N5O/c1-2-10-23(9-1)17-12-15(7-8-20-17)18-21-19(25-22-18)16-4-3-11-24(16)13-14-5-6-14/h14-22H,1-13H2/t15?,16-,17?,18?,19?/m1/s1. The lowest BCUT2D eigenvalue weighted by Crippen LogP contribution is -2.54. The zero-order valence-corrected chi connectivity index (χ0v) is 15.5. The number of likely N-dealkylation sites (tertiary alicyclic amines) is 2. The van der Waals surface area contributed by atoms with Crippen LogP contribution in [0, 0.1) is 11.8 Å². The molecule has 5 atom stereocenters. The van der Waals surface area contributed by atoms with Gasteiger partial charge in [-0.15, -0.1) is 0 Å². The first-order valence-corrected chi connectivity index (χ1v) is 10.8. The molecule has 6 nitrogen and oxygen atoms in total. The molecule has 0 amide bonds. The summed E-state index contributed by atoms with van der Waals surface area (Å²) < 4.78 is 0. The lowest BCUT2D eigenvalue weighted by Gasteiger charge is -2.38. The Labute approximate surface area is 152 Å². The van der Waals surface area contributed by atoms with Crippen LogP contribution in [0.3, 0.4) is 0 Å². The van der Waals surface area contributed by atoms with Crippen LogP contribution in [0.5, 0.6) is 0 Å². The first-order valence-electron chi connectivity index (χ1n) is 10.8. The maximum atomic E-state index is 6.06. The van der Waals surface area contributed by atoms with Crippen LogP contribution in [0.15, 0.2) is 0 Å². The molecule has 0 radical (unpaired) electrons. The molecule has 1 saturated carbocycles. The quantitative estimate of drug-likeness (QED) is 0.690. The molecule has 4 aliphatic heterocycles. The summed E-state index contributed by atoms with van der Waals surface area (Å²) in [5, 5.41) is 7.55. The van der Waals surface area contributed by atoms with E-state index in [1.165, 1.54) is 77.5 Å². The maximum absolute atomic E-state index is 6.06. The van der Waals surface area contributed by atoms with Gasteiger partial charge in [-0.1, -0.05) is 0 Å². The minimum absolute atomic E-state index is 0.173. The van der Waals surface area contributed by atoms with Gasteiger partial charge in [0.15, 0.2) is 0 Å². The summed E-state index contributed by atoms with van der Waals surface area (Å²) in [5.74, 6) is 1.63. The predicted molar refractivity (Wildman–Crippen MR) is 97.6 cm³/mol. The van der Waals surface area contributed by atoms with Gasteiger partial charge in [0.25, 0.3) is 0 Å². The molecule has 3 N–H and O–H groups in total. The molecule has 1 aliphatic carbocycles. The zero-order chi connectivity index (χ0) is 16.6. The van der Waals surface area contributed by atoms with Crippen LogP contribution in [0.25, 0.3) is 0 Å². The highest BCUT2D eigenvalue weighted by Gasteiger charge is 2.42. The van der Waals surface area contributed by atoms with Crippen molar-refractivity contribution in [2.24, 2.45) is 11.8 Å². The molecular formula is C19H35N5O. The van der Waals surface area contributed by atoms with Gasteiger partial charge >= 0.3 is 0 Å². The number of hydrogen-bond acceptors (Lipinski definition) is 6. The molecule has 142 valence electrons. The smallest absolute Gasteiger partial charge is 0.146 e. The second-order valence-corrected chi connectivity index (χ2v) is 8.95. The van der Waals surface area contributed by atoms with E-state index in [1.54, 1.807) is 0 Å². The summed E-state index contributed by atoms with van der Waals surface area (Å²) in [4.78, 5) is 11.4. The molecule has 5 fully saturated rings. The molecule has 0 spiro atoms. The average Bonchev–Trinajstić information content (AvgIpc) is 3.08. The third kappa shape index (κ3) is 3.75. The van der Waals surface area contributed by atoms with Gasteiger partial charge in [-0.25, -0.2) is 0 Å². The van der Waals surface area contributed by atoms with Crippen molar-refractivity contribution in [3.63, 3.8) is 0 Å². The van der Waals surface area contributed by atoms with E-state index in [2.05, 4.69) is 25.9 Å². The molecule has 25 heavy (non-hydrogen) atoms. The van der Waals surface area contributed by atoms with Crippen LogP contribution in [-0.4, -0.2) is 67.1 Å². The summed E-state index contributed by atoms with van der Waals surface area (Å²) in [5.41, 5.74) is 3.37. The molecule has 0 aromatic carbocycles. The van der Waals surface area contributed by atoms with Gasteiger partial charge in [0.2, 0.25) is 0 Å². The fraction of sp³-hybridized carbons (Fsp3) is 1.00. The van der Waals surface area contributed by atoms with E-state index in [0.29, 0.717) is 24.3 Å². The Morgan fingerprint density at radius 2 is 1.84 bits per heavy atom. The fourth-order valence-electron chi connectivity index (χ4n) is 5.42. The highest BCUT2D eigenvalue weighted by atomic mass is 16.7. The number of piperidine rings is 1. The highest BCUT2D eigenvalue weighted by Crippen LogP contribution is 2.34. The van der Waals surface area contributed by atoms with E-state index in [0.717, 1.165) is 12.5 Å². The number of nitrogens with zero attached hydrogens (tertiary/aromatic N) is 2. The van der Waals surface area contributed by atoms with Crippen LogP contribution in [0.2, 0.25) is 0 Å². The van der Waals surface area contributed by atoms with E-state index in [1.807, 2.05) is 0 Å². The third-order valence-electron chi connectivity index (χ3n) is 7.09. The van der Waals surface area contributed by atoms with Gasteiger partial charge in [0.05, 0.1) is 18.4 Å². The van der Waals surface area contributed by atoms with E-state index < -0.39 is 0 Å². The highest BCUT2D eigenvalue weighted by molar-refractivity contribution is 4.93. The summed E-state index contributed by atoms with van der Waals surface area (Å²) in [6.45, 7) is 6.23. The van der Waals surface area contributed by atoms with Crippen molar-refractivity contribution < 1.29 is 4.84 Å². The molecule has 4 heterocycles. The Morgan fingerprint density at radius 3 is 2.68 bits per heavy atom. The van der Waals surface area contributed by atoms with Crippen LogP contribution in [0.1, 0.15) is 51.4 Å². The second kappa shape index (κ2) is 7.41. The maximum Gasteiger partial charge on any atom is 0.146 e. The minimum Gasteiger partial charge on any atom is -0.302 e. The van der Waals surface area contributed by atoms with Crippen LogP contribution in [-0.2, 0) is 4.84 Å². The van der Waals surface area contributed by atoms with Crippen molar-refractivity contribution in [1.82, 2.24) is 25.9 Å². The van der Waals surface area contributed by atoms with Crippen molar-refractivity contribution in [2.45, 2.75) is 76.0 Å². The fourth-order valence-corrected chi connectivity index (χ4v) is 5.42. The Morgan fingerprint density at radius 1 is 0.960 bits per heavy atom. The van der Waals surface area contributed by atoms with Gasteiger partial charge in [0.1, 0.15) is 6.23 Å². The van der Waals surface area contributed by atoms with E-state index in [4.69, 9.17) is 4.84 Å². The molecule has 0 bridgehead atoms. The Bertz CT molecular complexity index is 453. The SMILES string of the molecule is C1CCN(C2CC(C3NOC([C@H]4CCCN4CC4CC4)N3)CCN2)C1. The average molecular weight is 350 g/mol. The summed E-state index contributed by atoms with van der Waals surface area (Å²) in [6, 6.07) is 0.564. The summed E-state index contributed by atoms with van der Waals surface area (Å²) >= 11 is 0. The lowest BCUT2D eigenvalue weighted by atomic mass is 9.92. The number of nitrogens with one attached hydrogen (secondary N) is 3. The first-order chi connectivity index (χ1) is 12.4. The molecule has 4 saturated heterocycles. The van der Waals surface area contributed by atoms with Crippen molar-refractivity contribution in [1.29, 1.82) is 0 Å². The number of hydroxylamine groups is 1. The van der Waals surface area contributed by atoms with E-state index in [-0.39, 0.29) is 6.23 Å². The topological polar surface area (TPSA) is 51.8 Å². The van der Waals surface area contributed by atoms with Crippen LogP contribution >= 0.6 is 0 Å². The lowest BCUT2D eigenvalue weighted by molar-refractivity contribution is -0.0253. The van der Waals surface area contributed by atoms with Gasteiger partial charge in [-0.05, 0) is 89.4 Å². The predicted octanol–water partition coefficient (Wildman–Crippen LogP) is 1.06. The number of hydrogen-bond donors (Lipinski definition) is 3. The van der Waals surface area contributed by atoms with Gasteiger partial charge in [-0.2, -0.15) is 5.48 Å².